The Hall–Kier alpha value is -3.91. The van der Waals surface area contributed by atoms with Gasteiger partial charge in [0.05, 0.1) is 12.2 Å². The Morgan fingerprint density at radius 1 is 1.00 bits per heavy atom. The van der Waals surface area contributed by atoms with Gasteiger partial charge >= 0.3 is 0 Å². The van der Waals surface area contributed by atoms with Crippen LogP contribution in [-0.4, -0.2) is 85.5 Å². The molecule has 1 atom stereocenters. The molecule has 2 amide bonds. The van der Waals surface area contributed by atoms with Crippen molar-refractivity contribution < 1.29 is 9.59 Å². The molecule has 8 nitrogen and oxygen atoms in total. The highest BCUT2D eigenvalue weighted by molar-refractivity contribution is 5.97. The number of likely N-dealkylation sites (tertiary alicyclic amines) is 1. The molecular formula is C33H40N6O2. The molecule has 6 rings (SSSR count). The molecular weight excluding hydrogens is 512 g/mol. The third-order valence-electron chi connectivity index (χ3n) is 8.89. The minimum Gasteiger partial charge on any atom is -0.368 e. The summed E-state index contributed by atoms with van der Waals surface area (Å²) in [5.74, 6) is -0.132. The van der Waals surface area contributed by atoms with Gasteiger partial charge in [0, 0.05) is 67.6 Å². The number of carbonyl (C=O) groups excluding carboxylic acids is 2. The van der Waals surface area contributed by atoms with E-state index in [0.29, 0.717) is 25.3 Å². The molecule has 1 N–H and O–H groups in total. The molecule has 0 spiro atoms. The minimum absolute atomic E-state index is 0.0278. The van der Waals surface area contributed by atoms with Gasteiger partial charge in [-0.2, -0.15) is 0 Å². The van der Waals surface area contributed by atoms with E-state index < -0.39 is 0 Å². The van der Waals surface area contributed by atoms with Crippen LogP contribution in [-0.2, 0) is 17.8 Å². The Labute approximate surface area is 242 Å². The van der Waals surface area contributed by atoms with Crippen LogP contribution < -0.4 is 15.1 Å². The number of benzene rings is 2. The minimum atomic E-state index is -0.104. The maximum absolute atomic E-state index is 13.6. The Kier molecular flexibility index (Phi) is 7.67. The van der Waals surface area contributed by atoms with Gasteiger partial charge in [0.2, 0.25) is 5.91 Å². The van der Waals surface area contributed by atoms with Crippen LogP contribution in [0.25, 0.3) is 10.8 Å². The molecule has 0 aliphatic carbocycles. The predicted octanol–water partition coefficient (Wildman–Crippen LogP) is 3.76. The number of aromatic nitrogens is 1. The number of nitrogens with zero attached hydrogens (tertiary/aromatic N) is 5. The fourth-order valence-corrected chi connectivity index (χ4v) is 6.73. The number of hydrogen-bond donors (Lipinski definition) is 1. The van der Waals surface area contributed by atoms with Crippen molar-refractivity contribution >= 4 is 34.0 Å². The molecule has 1 aromatic heterocycles. The number of hydrogen-bond acceptors (Lipinski definition) is 6. The first-order valence-electron chi connectivity index (χ1n) is 14.8. The zero-order valence-corrected chi connectivity index (χ0v) is 24.2. The molecule has 1 unspecified atom stereocenters. The van der Waals surface area contributed by atoms with Crippen LogP contribution in [0.1, 0.15) is 40.2 Å². The second-order valence-corrected chi connectivity index (χ2v) is 11.7. The van der Waals surface area contributed by atoms with Crippen molar-refractivity contribution in [3.8, 4) is 0 Å². The van der Waals surface area contributed by atoms with E-state index in [1.54, 1.807) is 0 Å². The highest BCUT2D eigenvalue weighted by Gasteiger charge is 2.29. The van der Waals surface area contributed by atoms with E-state index in [2.05, 4.69) is 77.0 Å². The Bertz CT molecular complexity index is 1470. The fourth-order valence-electron chi connectivity index (χ4n) is 6.73. The smallest absolute Gasteiger partial charge is 0.270 e. The first kappa shape index (κ1) is 27.3. The van der Waals surface area contributed by atoms with Gasteiger partial charge in [-0.3, -0.25) is 9.59 Å². The van der Waals surface area contributed by atoms with E-state index in [9.17, 15) is 9.59 Å². The molecule has 3 aliphatic rings. The van der Waals surface area contributed by atoms with Gasteiger partial charge in [0.25, 0.3) is 5.91 Å². The van der Waals surface area contributed by atoms with E-state index in [1.165, 1.54) is 33.7 Å². The number of amides is 2. The van der Waals surface area contributed by atoms with Crippen molar-refractivity contribution in [3.63, 3.8) is 0 Å². The maximum atomic E-state index is 13.6. The van der Waals surface area contributed by atoms with Crippen molar-refractivity contribution in [1.29, 1.82) is 0 Å². The largest absolute Gasteiger partial charge is 0.368 e. The number of rotatable bonds is 5. The fraction of sp³-hybridized carbons (Fsp3) is 0.424. The van der Waals surface area contributed by atoms with E-state index >= 15 is 0 Å². The van der Waals surface area contributed by atoms with Crippen LogP contribution in [0.2, 0.25) is 0 Å². The lowest BCUT2D eigenvalue weighted by Gasteiger charge is -2.39. The number of likely N-dealkylation sites (N-methyl/N-ethyl adjacent to an activating group) is 1. The van der Waals surface area contributed by atoms with Crippen molar-refractivity contribution in [3.05, 3.63) is 77.6 Å². The third-order valence-corrected chi connectivity index (χ3v) is 8.89. The molecule has 0 bridgehead atoms. The summed E-state index contributed by atoms with van der Waals surface area (Å²) >= 11 is 0. The third kappa shape index (κ3) is 5.53. The quantitative estimate of drug-likeness (QED) is 0.486. The molecule has 4 heterocycles. The zero-order valence-electron chi connectivity index (χ0n) is 24.2. The number of anilines is 2. The normalized spacial score (nSPS) is 19.7. The van der Waals surface area contributed by atoms with E-state index in [1.807, 2.05) is 11.0 Å². The van der Waals surface area contributed by atoms with E-state index in [4.69, 9.17) is 4.98 Å². The monoisotopic (exact) mass is 552 g/mol. The summed E-state index contributed by atoms with van der Waals surface area (Å²) in [5, 5.41) is 5.78. The van der Waals surface area contributed by atoms with Crippen LogP contribution >= 0.6 is 0 Å². The summed E-state index contributed by atoms with van der Waals surface area (Å²) < 4.78 is 0. The van der Waals surface area contributed by atoms with Crippen molar-refractivity contribution in [1.82, 2.24) is 20.1 Å². The van der Waals surface area contributed by atoms with Crippen LogP contribution in [0.5, 0.6) is 0 Å². The molecule has 3 aliphatic heterocycles. The highest BCUT2D eigenvalue weighted by Crippen LogP contribution is 2.35. The molecule has 2 fully saturated rings. The number of fused-ring (bicyclic) bond motifs is 2. The van der Waals surface area contributed by atoms with Crippen LogP contribution in [0, 0.1) is 6.92 Å². The van der Waals surface area contributed by atoms with Gasteiger partial charge in [0.15, 0.2) is 0 Å². The maximum Gasteiger partial charge on any atom is 0.270 e. The summed E-state index contributed by atoms with van der Waals surface area (Å²) in [6, 6.07) is 15.1. The average molecular weight is 553 g/mol. The summed E-state index contributed by atoms with van der Waals surface area (Å²) in [4.78, 5) is 39.7. The summed E-state index contributed by atoms with van der Waals surface area (Å²) in [6.07, 6.45) is 4.30. The van der Waals surface area contributed by atoms with Gasteiger partial charge in [-0.25, -0.2) is 4.98 Å². The van der Waals surface area contributed by atoms with Crippen molar-refractivity contribution in [2.75, 3.05) is 62.7 Å². The standard InChI is InChI=1S/C33H40N6O2/c1-4-31(40)38-18-16-37(17-19-38)30-20-27(33(41)34-25-11-7-14-36(3)21-25)35-28-22-39(15-13-26(28)30)29-12-6-10-24-9-5-8-23(2)32(24)29/h4-6,8-10,12,20,25H,1,7,11,13-19,21-22H2,2-3H3,(H,34,41). The number of carbonyl (C=O) groups is 2. The van der Waals surface area contributed by atoms with Gasteiger partial charge < -0.3 is 24.9 Å². The Morgan fingerprint density at radius 2 is 1.78 bits per heavy atom. The molecule has 8 heteroatoms. The van der Waals surface area contributed by atoms with Gasteiger partial charge in [-0.05, 0) is 68.9 Å². The zero-order chi connectivity index (χ0) is 28.5. The lowest BCUT2D eigenvalue weighted by molar-refractivity contribution is -0.126. The molecule has 0 radical (unpaired) electrons. The molecule has 0 saturated carbocycles. The van der Waals surface area contributed by atoms with Crippen molar-refractivity contribution in [2.24, 2.45) is 0 Å². The molecule has 3 aromatic rings. The number of piperidine rings is 1. The molecule has 214 valence electrons. The lowest BCUT2D eigenvalue weighted by atomic mass is 9.97. The topological polar surface area (TPSA) is 72.0 Å². The summed E-state index contributed by atoms with van der Waals surface area (Å²) in [7, 11) is 2.11. The second-order valence-electron chi connectivity index (χ2n) is 11.7. The highest BCUT2D eigenvalue weighted by atomic mass is 16.2. The molecule has 2 aromatic carbocycles. The van der Waals surface area contributed by atoms with E-state index in [-0.39, 0.29) is 17.9 Å². The van der Waals surface area contributed by atoms with Gasteiger partial charge in [0.1, 0.15) is 5.69 Å². The lowest BCUT2D eigenvalue weighted by Crippen LogP contribution is -2.49. The number of pyridine rings is 1. The number of nitrogens with one attached hydrogen (secondary N) is 1. The van der Waals surface area contributed by atoms with E-state index in [0.717, 1.165) is 63.4 Å². The summed E-state index contributed by atoms with van der Waals surface area (Å²) in [5.41, 5.74) is 6.22. The Balaban J connectivity index is 1.33. The second kappa shape index (κ2) is 11.5. The van der Waals surface area contributed by atoms with Gasteiger partial charge in [-0.15, -0.1) is 0 Å². The van der Waals surface area contributed by atoms with Crippen LogP contribution in [0.15, 0.2) is 55.1 Å². The predicted molar refractivity (Wildman–Crippen MR) is 165 cm³/mol. The van der Waals surface area contributed by atoms with Crippen LogP contribution in [0.3, 0.4) is 0 Å². The first-order chi connectivity index (χ1) is 19.9. The average Bonchev–Trinajstić information content (AvgIpc) is 2.99. The van der Waals surface area contributed by atoms with Gasteiger partial charge in [-0.1, -0.05) is 36.9 Å². The van der Waals surface area contributed by atoms with Crippen molar-refractivity contribution in [2.45, 2.75) is 38.8 Å². The first-order valence-corrected chi connectivity index (χ1v) is 14.8. The van der Waals surface area contributed by atoms with Crippen LogP contribution in [0.4, 0.5) is 11.4 Å². The molecule has 41 heavy (non-hydrogen) atoms. The number of aryl methyl sites for hydroxylation is 1. The SMILES string of the molecule is C=CC(=O)N1CCN(c2cc(C(=O)NC3CCCN(C)C3)nc3c2CCN(c2cccc4cccc(C)c24)C3)CC1. The Morgan fingerprint density at radius 3 is 2.54 bits per heavy atom. The molecule has 2 saturated heterocycles. The summed E-state index contributed by atoms with van der Waals surface area (Å²) in [6.45, 7) is 12.0. The number of piperazine rings is 1.